The van der Waals surface area contributed by atoms with Gasteiger partial charge in [-0.1, -0.05) is 38.1 Å². The first-order valence-electron chi connectivity index (χ1n) is 6.28. The maximum atomic E-state index is 6.33. The molecular weight excluding hydrogens is 240 g/mol. The van der Waals surface area contributed by atoms with E-state index in [1.807, 2.05) is 13.8 Å². The van der Waals surface area contributed by atoms with Gasteiger partial charge in [0.2, 0.25) is 0 Å². The van der Waals surface area contributed by atoms with Crippen molar-refractivity contribution in [3.63, 3.8) is 0 Å². The first kappa shape index (κ1) is 13.2. The lowest BCUT2D eigenvalue weighted by atomic mass is 9.98. The Morgan fingerprint density at radius 3 is 2.06 bits per heavy atom. The van der Waals surface area contributed by atoms with Crippen LogP contribution in [0.15, 0.2) is 24.3 Å². The Balaban J connectivity index is 2.28. The second-order valence-electron chi connectivity index (χ2n) is 4.98. The number of nitrogens with zero attached hydrogens (tertiary/aromatic N) is 1. The molecule has 1 heterocycles. The Morgan fingerprint density at radius 2 is 1.61 bits per heavy atom. The van der Waals surface area contributed by atoms with Crippen molar-refractivity contribution in [2.24, 2.45) is 5.73 Å². The van der Waals surface area contributed by atoms with E-state index in [4.69, 9.17) is 5.73 Å². The van der Waals surface area contributed by atoms with Gasteiger partial charge in [0, 0.05) is 4.88 Å². The van der Waals surface area contributed by atoms with Crippen molar-refractivity contribution >= 4 is 11.3 Å². The van der Waals surface area contributed by atoms with Crippen LogP contribution in [0.3, 0.4) is 0 Å². The number of aryl methyl sites for hydroxylation is 2. The van der Waals surface area contributed by atoms with Gasteiger partial charge in [0.15, 0.2) is 0 Å². The van der Waals surface area contributed by atoms with Gasteiger partial charge in [0.1, 0.15) is 0 Å². The van der Waals surface area contributed by atoms with Crippen molar-refractivity contribution in [3.8, 4) is 0 Å². The Morgan fingerprint density at radius 1 is 1.06 bits per heavy atom. The van der Waals surface area contributed by atoms with Crippen molar-refractivity contribution in [3.05, 3.63) is 51.0 Å². The summed E-state index contributed by atoms with van der Waals surface area (Å²) in [5.74, 6) is 0.558. The molecule has 1 unspecified atom stereocenters. The van der Waals surface area contributed by atoms with Gasteiger partial charge >= 0.3 is 0 Å². The van der Waals surface area contributed by atoms with Gasteiger partial charge < -0.3 is 5.73 Å². The van der Waals surface area contributed by atoms with Gasteiger partial charge in [-0.25, -0.2) is 4.98 Å². The molecule has 0 spiro atoms. The minimum Gasteiger partial charge on any atom is -0.320 e. The molecule has 0 amide bonds. The SMILES string of the molecule is Cc1nc(C)c(C(N)c2ccc(C(C)C)cc2)s1. The molecule has 1 aromatic heterocycles. The van der Waals surface area contributed by atoms with Crippen LogP contribution in [0.25, 0.3) is 0 Å². The predicted octanol–water partition coefficient (Wildman–Crippen LogP) is 3.93. The highest BCUT2D eigenvalue weighted by atomic mass is 32.1. The van der Waals surface area contributed by atoms with E-state index >= 15 is 0 Å². The molecule has 2 nitrogen and oxygen atoms in total. The van der Waals surface area contributed by atoms with Crippen molar-refractivity contribution < 1.29 is 0 Å². The Hall–Kier alpha value is -1.19. The first-order valence-corrected chi connectivity index (χ1v) is 7.10. The molecule has 0 saturated heterocycles. The molecule has 96 valence electrons. The molecular formula is C15H20N2S. The zero-order valence-electron chi connectivity index (χ0n) is 11.4. The third-order valence-electron chi connectivity index (χ3n) is 3.18. The molecule has 0 saturated carbocycles. The van der Waals surface area contributed by atoms with Gasteiger partial charge in [0.25, 0.3) is 0 Å². The zero-order valence-corrected chi connectivity index (χ0v) is 12.2. The molecule has 2 rings (SSSR count). The van der Waals surface area contributed by atoms with Crippen LogP contribution in [0, 0.1) is 13.8 Å². The van der Waals surface area contributed by atoms with E-state index in [1.165, 1.54) is 10.4 Å². The van der Waals surface area contributed by atoms with Crippen LogP contribution >= 0.6 is 11.3 Å². The fraction of sp³-hybridized carbons (Fsp3) is 0.400. The molecule has 0 fully saturated rings. The monoisotopic (exact) mass is 260 g/mol. The summed E-state index contributed by atoms with van der Waals surface area (Å²) < 4.78 is 0. The second-order valence-corrected chi connectivity index (χ2v) is 6.22. The minimum atomic E-state index is -0.0580. The molecule has 3 heteroatoms. The number of benzene rings is 1. The molecule has 18 heavy (non-hydrogen) atoms. The van der Waals surface area contributed by atoms with Crippen LogP contribution in [0.2, 0.25) is 0 Å². The summed E-state index contributed by atoms with van der Waals surface area (Å²) in [7, 11) is 0. The highest BCUT2D eigenvalue weighted by Gasteiger charge is 2.15. The Labute approximate surface area is 113 Å². The smallest absolute Gasteiger partial charge is 0.0900 e. The van der Waals surface area contributed by atoms with E-state index in [0.717, 1.165) is 16.3 Å². The third-order valence-corrected chi connectivity index (χ3v) is 4.34. The highest BCUT2D eigenvalue weighted by molar-refractivity contribution is 7.11. The number of hydrogen-bond donors (Lipinski definition) is 1. The molecule has 1 aromatic carbocycles. The lowest BCUT2D eigenvalue weighted by molar-refractivity contribution is 0.850. The summed E-state index contributed by atoms with van der Waals surface area (Å²) in [6, 6.07) is 8.55. The summed E-state index contributed by atoms with van der Waals surface area (Å²) in [6.45, 7) is 8.45. The minimum absolute atomic E-state index is 0.0580. The second kappa shape index (κ2) is 5.21. The van der Waals surface area contributed by atoms with Crippen LogP contribution < -0.4 is 5.73 Å². The number of aromatic nitrogens is 1. The summed E-state index contributed by atoms with van der Waals surface area (Å²) in [5, 5.41) is 1.08. The topological polar surface area (TPSA) is 38.9 Å². The predicted molar refractivity (Wildman–Crippen MR) is 78.1 cm³/mol. The zero-order chi connectivity index (χ0) is 13.3. The van der Waals surface area contributed by atoms with Gasteiger partial charge in [-0.05, 0) is 30.9 Å². The lowest BCUT2D eigenvalue weighted by Gasteiger charge is -2.12. The van der Waals surface area contributed by atoms with E-state index < -0.39 is 0 Å². The largest absolute Gasteiger partial charge is 0.320 e. The van der Waals surface area contributed by atoms with Crippen LogP contribution in [-0.4, -0.2) is 4.98 Å². The average Bonchev–Trinajstić information content (AvgIpc) is 2.67. The third kappa shape index (κ3) is 2.62. The van der Waals surface area contributed by atoms with Gasteiger partial charge in [-0.15, -0.1) is 11.3 Å². The van der Waals surface area contributed by atoms with E-state index in [-0.39, 0.29) is 6.04 Å². The van der Waals surface area contributed by atoms with Crippen molar-refractivity contribution in [2.75, 3.05) is 0 Å². The Kier molecular flexibility index (Phi) is 3.83. The number of nitrogens with two attached hydrogens (primary N) is 1. The van der Waals surface area contributed by atoms with E-state index in [0.29, 0.717) is 5.92 Å². The first-order chi connectivity index (χ1) is 8.49. The highest BCUT2D eigenvalue weighted by Crippen LogP contribution is 2.28. The number of hydrogen-bond acceptors (Lipinski definition) is 3. The molecule has 0 radical (unpaired) electrons. The summed E-state index contributed by atoms with van der Waals surface area (Å²) in [5.41, 5.74) is 9.89. The van der Waals surface area contributed by atoms with Crippen molar-refractivity contribution in [1.29, 1.82) is 0 Å². The van der Waals surface area contributed by atoms with E-state index in [2.05, 4.69) is 43.1 Å². The fourth-order valence-electron chi connectivity index (χ4n) is 2.08. The molecule has 2 aromatic rings. The molecule has 0 bridgehead atoms. The van der Waals surface area contributed by atoms with Crippen LogP contribution in [0.4, 0.5) is 0 Å². The van der Waals surface area contributed by atoms with Crippen LogP contribution in [-0.2, 0) is 0 Å². The maximum Gasteiger partial charge on any atom is 0.0900 e. The van der Waals surface area contributed by atoms with E-state index in [1.54, 1.807) is 11.3 Å². The molecule has 0 aliphatic carbocycles. The standard InChI is InChI=1S/C15H20N2S/c1-9(2)12-5-7-13(8-6-12)14(16)15-10(3)17-11(4)18-15/h5-9,14H,16H2,1-4H3. The normalized spacial score (nSPS) is 13.0. The molecule has 0 aliphatic heterocycles. The van der Waals surface area contributed by atoms with Gasteiger partial charge in [-0.2, -0.15) is 0 Å². The maximum absolute atomic E-state index is 6.33. The lowest BCUT2D eigenvalue weighted by Crippen LogP contribution is -2.11. The molecule has 1 atom stereocenters. The van der Waals surface area contributed by atoms with Crippen LogP contribution in [0.1, 0.15) is 52.5 Å². The molecule has 0 aliphatic rings. The molecule has 2 N–H and O–H groups in total. The number of thiazole rings is 1. The fourth-order valence-corrected chi connectivity index (χ4v) is 3.03. The van der Waals surface area contributed by atoms with E-state index in [9.17, 15) is 0 Å². The van der Waals surface area contributed by atoms with Gasteiger partial charge in [-0.3, -0.25) is 0 Å². The summed E-state index contributed by atoms with van der Waals surface area (Å²) in [4.78, 5) is 5.61. The van der Waals surface area contributed by atoms with Crippen molar-refractivity contribution in [1.82, 2.24) is 4.98 Å². The average molecular weight is 260 g/mol. The van der Waals surface area contributed by atoms with Gasteiger partial charge in [0.05, 0.1) is 16.7 Å². The van der Waals surface area contributed by atoms with Crippen molar-refractivity contribution in [2.45, 2.75) is 39.7 Å². The quantitative estimate of drug-likeness (QED) is 0.908. The van der Waals surface area contributed by atoms with Crippen LogP contribution in [0.5, 0.6) is 0 Å². The Bertz CT molecular complexity index is 526. The number of rotatable bonds is 3. The summed E-state index contributed by atoms with van der Waals surface area (Å²) in [6.07, 6.45) is 0. The summed E-state index contributed by atoms with van der Waals surface area (Å²) >= 11 is 1.69.